The van der Waals surface area contributed by atoms with Crippen molar-refractivity contribution < 1.29 is 39.3 Å². The SMILES string of the molecule is Cc1ccc(Cc2ccccc2CNc2ccc(F)[c-]c2F)cc1.Cc1ccc(Cc2ccccc2CNc2ccc(F)[c-]c2F)cc1.[C-]1=CC=CC1.[C-]1=CC=CC1.[Ti+4]. The van der Waals surface area contributed by atoms with E-state index < -0.39 is 23.3 Å². The number of benzene rings is 6. The molecule has 0 fully saturated rings. The maximum Gasteiger partial charge on any atom is 4.00 e. The molecule has 0 saturated heterocycles. The van der Waals surface area contributed by atoms with Crippen LogP contribution in [0.4, 0.5) is 28.9 Å². The van der Waals surface area contributed by atoms with Crippen molar-refractivity contribution in [1.29, 1.82) is 0 Å². The van der Waals surface area contributed by atoms with Gasteiger partial charge in [-0.1, -0.05) is 108 Å². The van der Waals surface area contributed by atoms with Crippen molar-refractivity contribution in [2.45, 2.75) is 52.6 Å². The Morgan fingerprint density at radius 1 is 0.475 bits per heavy atom. The van der Waals surface area contributed by atoms with E-state index in [1.807, 2.05) is 72.8 Å². The van der Waals surface area contributed by atoms with Crippen molar-refractivity contribution in [3.63, 3.8) is 0 Å². The fourth-order valence-electron chi connectivity index (χ4n) is 5.88. The second-order valence-corrected chi connectivity index (χ2v) is 13.6. The van der Waals surface area contributed by atoms with Gasteiger partial charge in [0.25, 0.3) is 0 Å². The molecule has 2 nitrogen and oxygen atoms in total. The van der Waals surface area contributed by atoms with Gasteiger partial charge in [-0.3, -0.25) is 12.2 Å². The van der Waals surface area contributed by atoms with Crippen LogP contribution in [0, 0.1) is 61.4 Å². The molecular formula is C52H46F4N2Ti. The summed E-state index contributed by atoms with van der Waals surface area (Å²) in [6.07, 6.45) is 21.6. The Labute approximate surface area is 362 Å². The summed E-state index contributed by atoms with van der Waals surface area (Å²) in [4.78, 5) is 0. The molecule has 6 aromatic carbocycles. The second kappa shape index (κ2) is 24.9. The molecule has 59 heavy (non-hydrogen) atoms. The zero-order valence-corrected chi connectivity index (χ0v) is 34.8. The Morgan fingerprint density at radius 3 is 1.15 bits per heavy atom. The van der Waals surface area contributed by atoms with E-state index in [2.05, 4.69) is 109 Å². The number of anilines is 2. The van der Waals surface area contributed by atoms with Gasteiger partial charge in [-0.15, -0.1) is 49.2 Å². The van der Waals surface area contributed by atoms with Crippen LogP contribution < -0.4 is 10.6 Å². The first-order valence-corrected chi connectivity index (χ1v) is 19.1. The Kier molecular flexibility index (Phi) is 19.5. The molecule has 0 heterocycles. The van der Waals surface area contributed by atoms with Crippen molar-refractivity contribution in [3.05, 3.63) is 250 Å². The third-order valence-electron chi connectivity index (χ3n) is 9.10. The zero-order valence-electron chi connectivity index (χ0n) is 33.3. The number of aryl methyl sites for hydroxylation is 2. The number of nitrogens with one attached hydrogen (secondary N) is 2. The van der Waals surface area contributed by atoms with Crippen molar-refractivity contribution in [2.75, 3.05) is 10.6 Å². The average molecular weight is 823 g/mol. The predicted molar refractivity (Wildman–Crippen MR) is 229 cm³/mol. The minimum atomic E-state index is -0.703. The third kappa shape index (κ3) is 16.2. The second-order valence-electron chi connectivity index (χ2n) is 13.6. The molecule has 2 aliphatic carbocycles. The molecule has 0 spiro atoms. The number of rotatable bonds is 10. The van der Waals surface area contributed by atoms with Crippen LogP contribution in [0.2, 0.25) is 0 Å². The molecule has 8 rings (SSSR count). The molecule has 0 atom stereocenters. The summed E-state index contributed by atoms with van der Waals surface area (Å²) in [6.45, 7) is 5.07. The van der Waals surface area contributed by atoms with E-state index in [0.717, 1.165) is 36.8 Å². The van der Waals surface area contributed by atoms with Gasteiger partial charge in [0.1, 0.15) is 0 Å². The van der Waals surface area contributed by atoms with E-state index in [1.54, 1.807) is 0 Å². The summed E-state index contributed by atoms with van der Waals surface area (Å²) in [5, 5.41) is 6.04. The Balaban J connectivity index is 0.000000207. The fourth-order valence-corrected chi connectivity index (χ4v) is 5.88. The zero-order chi connectivity index (χ0) is 41.0. The summed E-state index contributed by atoms with van der Waals surface area (Å²) in [5.74, 6) is -2.80. The van der Waals surface area contributed by atoms with Gasteiger partial charge in [0.05, 0.1) is 0 Å². The van der Waals surface area contributed by atoms with Crippen LogP contribution in [0.3, 0.4) is 0 Å². The first-order chi connectivity index (χ1) is 28.2. The van der Waals surface area contributed by atoms with Crippen LogP contribution in [0.25, 0.3) is 0 Å². The summed E-state index contributed by atoms with van der Waals surface area (Å²) in [7, 11) is 0. The number of halogens is 4. The van der Waals surface area contributed by atoms with E-state index in [0.29, 0.717) is 13.1 Å². The van der Waals surface area contributed by atoms with Crippen LogP contribution in [0.1, 0.15) is 57.3 Å². The summed E-state index contributed by atoms with van der Waals surface area (Å²) >= 11 is 0. The molecular weight excluding hydrogens is 776 g/mol. The van der Waals surface area contributed by atoms with Crippen LogP contribution >= 0.6 is 0 Å². The minimum Gasteiger partial charge on any atom is -0.430 e. The molecule has 6 aromatic rings. The third-order valence-corrected chi connectivity index (χ3v) is 9.10. The van der Waals surface area contributed by atoms with Crippen LogP contribution in [0.5, 0.6) is 0 Å². The van der Waals surface area contributed by atoms with E-state index in [4.69, 9.17) is 0 Å². The molecule has 0 bridgehead atoms. The normalized spacial score (nSPS) is 11.6. The van der Waals surface area contributed by atoms with Crippen LogP contribution in [-0.2, 0) is 47.6 Å². The minimum absolute atomic E-state index is 0. The first-order valence-electron chi connectivity index (χ1n) is 19.1. The first kappa shape index (κ1) is 46.0. The van der Waals surface area contributed by atoms with Gasteiger partial charge >= 0.3 is 21.7 Å². The molecule has 0 unspecified atom stereocenters. The van der Waals surface area contributed by atoms with Crippen molar-refractivity contribution in [2.24, 2.45) is 0 Å². The maximum atomic E-state index is 13.7. The molecule has 0 radical (unpaired) electrons. The van der Waals surface area contributed by atoms with Gasteiger partial charge in [-0.05, 0) is 71.4 Å². The van der Waals surface area contributed by atoms with Gasteiger partial charge in [0, 0.05) is 36.4 Å². The average Bonchev–Trinajstić information content (AvgIpc) is 4.02. The molecule has 0 amide bonds. The summed E-state index contributed by atoms with van der Waals surface area (Å²) < 4.78 is 53.2. The Bertz CT molecular complexity index is 2130. The van der Waals surface area contributed by atoms with Crippen molar-refractivity contribution in [1.82, 2.24) is 0 Å². The van der Waals surface area contributed by atoms with Crippen LogP contribution in [-0.4, -0.2) is 0 Å². The topological polar surface area (TPSA) is 24.1 Å². The molecule has 0 saturated carbocycles. The largest absolute Gasteiger partial charge is 4.00 e. The smallest absolute Gasteiger partial charge is 0.430 e. The molecule has 7 heteroatoms. The standard InChI is InChI=1S/2C21H18F2N.2C5H5.Ti/c2*1-15-6-8-16(9-7-15)12-17-4-2-3-5-18(17)14-24-21-11-10-19(22)13-20(21)23;2*1-2-4-5-3-1;/h2*2-11,24H,12,14H2,1H3;2*1-3H,4H2;/q4*-1;+4. The molecule has 2 N–H and O–H groups in total. The number of hydrogen-bond acceptors (Lipinski definition) is 2. The van der Waals surface area contributed by atoms with Crippen molar-refractivity contribution >= 4 is 11.4 Å². The molecule has 0 aromatic heterocycles. The van der Waals surface area contributed by atoms with Gasteiger partial charge in [0.2, 0.25) is 0 Å². The summed E-state index contributed by atoms with van der Waals surface area (Å²) in [5.41, 5.74) is 9.96. The molecule has 2 aliphatic rings. The van der Waals surface area contributed by atoms with E-state index >= 15 is 0 Å². The monoisotopic (exact) mass is 822 g/mol. The van der Waals surface area contributed by atoms with E-state index in [1.165, 1.54) is 57.6 Å². The van der Waals surface area contributed by atoms with E-state index in [-0.39, 0.29) is 33.1 Å². The summed E-state index contributed by atoms with van der Waals surface area (Å²) in [6, 6.07) is 42.2. The van der Waals surface area contributed by atoms with Gasteiger partial charge < -0.3 is 10.6 Å². The molecule has 296 valence electrons. The Hall–Kier alpha value is -5.69. The quantitative estimate of drug-likeness (QED) is 0.0817. The van der Waals surface area contributed by atoms with Crippen molar-refractivity contribution in [3.8, 4) is 0 Å². The maximum absolute atomic E-state index is 13.7. The van der Waals surface area contributed by atoms with Crippen LogP contribution in [0.15, 0.2) is 158 Å². The van der Waals surface area contributed by atoms with E-state index in [9.17, 15) is 17.6 Å². The predicted octanol–water partition coefficient (Wildman–Crippen LogP) is 13.2. The van der Waals surface area contributed by atoms with Gasteiger partial charge in [0.15, 0.2) is 0 Å². The van der Waals surface area contributed by atoms with Gasteiger partial charge in [-0.25, -0.2) is 41.9 Å². The fraction of sp³-hybridized carbons (Fsp3) is 0.154. The number of hydrogen-bond donors (Lipinski definition) is 2. The van der Waals surface area contributed by atoms with Gasteiger partial charge in [-0.2, -0.15) is 12.2 Å². The number of allylic oxidation sites excluding steroid dienone is 8. The molecule has 0 aliphatic heterocycles. The Morgan fingerprint density at radius 2 is 0.847 bits per heavy atom.